The highest BCUT2D eigenvalue weighted by atomic mass is 15.3. The summed E-state index contributed by atoms with van der Waals surface area (Å²) >= 11 is 0. The molecule has 0 aromatic carbocycles. The van der Waals surface area contributed by atoms with Gasteiger partial charge in [-0.25, -0.2) is 9.97 Å². The zero-order valence-corrected chi connectivity index (χ0v) is 11.1. The Bertz CT molecular complexity index is 349. The summed E-state index contributed by atoms with van der Waals surface area (Å²) in [5, 5.41) is 0. The second kappa shape index (κ2) is 5.45. The second-order valence-electron chi connectivity index (χ2n) is 4.74. The Morgan fingerprint density at radius 2 is 1.82 bits per heavy atom. The molecule has 1 aromatic heterocycles. The Balaban J connectivity index is 2.00. The molecule has 0 atom stereocenters. The van der Waals surface area contributed by atoms with Gasteiger partial charge in [0.25, 0.3) is 0 Å². The average molecular weight is 234 g/mol. The Labute approximate surface area is 104 Å². The zero-order chi connectivity index (χ0) is 12.3. The molecule has 4 nitrogen and oxygen atoms in total. The predicted molar refractivity (Wildman–Crippen MR) is 70.5 cm³/mol. The Hall–Kier alpha value is -1.16. The van der Waals surface area contributed by atoms with Gasteiger partial charge in [-0.15, -0.1) is 0 Å². The molecule has 1 saturated heterocycles. The van der Waals surface area contributed by atoms with Crippen molar-refractivity contribution < 1.29 is 0 Å². The van der Waals surface area contributed by atoms with Gasteiger partial charge < -0.3 is 4.90 Å². The zero-order valence-electron chi connectivity index (χ0n) is 11.1. The summed E-state index contributed by atoms with van der Waals surface area (Å²) in [5.41, 5.74) is 1.06. The fourth-order valence-electron chi connectivity index (χ4n) is 2.38. The predicted octanol–water partition coefficient (Wildman–Crippen LogP) is 1.63. The van der Waals surface area contributed by atoms with Crippen LogP contribution in [0, 0.1) is 13.8 Å². The lowest BCUT2D eigenvalue weighted by atomic mass is 10.3. The summed E-state index contributed by atoms with van der Waals surface area (Å²) < 4.78 is 0. The molecule has 94 valence electrons. The van der Waals surface area contributed by atoms with Crippen molar-refractivity contribution in [3.05, 3.63) is 17.6 Å². The van der Waals surface area contributed by atoms with Crippen molar-refractivity contribution in [2.45, 2.75) is 27.2 Å². The van der Waals surface area contributed by atoms with Crippen LogP contribution in [0.1, 0.15) is 24.9 Å². The highest BCUT2D eigenvalue weighted by molar-refractivity contribution is 5.40. The van der Waals surface area contributed by atoms with E-state index in [1.807, 2.05) is 13.8 Å². The van der Waals surface area contributed by atoms with E-state index in [1.165, 1.54) is 13.0 Å². The Morgan fingerprint density at radius 1 is 1.12 bits per heavy atom. The molecule has 0 spiro atoms. The second-order valence-corrected chi connectivity index (χ2v) is 4.74. The van der Waals surface area contributed by atoms with Crippen LogP contribution in [0.4, 0.5) is 5.82 Å². The van der Waals surface area contributed by atoms with Gasteiger partial charge in [0.05, 0.1) is 0 Å². The first-order chi connectivity index (χ1) is 8.19. The van der Waals surface area contributed by atoms with Crippen LogP contribution in [0.2, 0.25) is 0 Å². The summed E-state index contributed by atoms with van der Waals surface area (Å²) in [6, 6.07) is 2.09. The normalized spacial score (nSPS) is 17.5. The Morgan fingerprint density at radius 3 is 2.41 bits per heavy atom. The van der Waals surface area contributed by atoms with Crippen LogP contribution in [-0.2, 0) is 0 Å². The molecule has 0 bridgehead atoms. The van der Waals surface area contributed by atoms with Crippen molar-refractivity contribution >= 4 is 5.82 Å². The molecule has 1 aliphatic rings. The van der Waals surface area contributed by atoms with Crippen LogP contribution in [0.15, 0.2) is 6.07 Å². The van der Waals surface area contributed by atoms with E-state index >= 15 is 0 Å². The van der Waals surface area contributed by atoms with E-state index < -0.39 is 0 Å². The molecule has 0 unspecified atom stereocenters. The van der Waals surface area contributed by atoms with Crippen LogP contribution in [0.25, 0.3) is 0 Å². The van der Waals surface area contributed by atoms with Crippen molar-refractivity contribution in [3.63, 3.8) is 0 Å². The first-order valence-corrected chi connectivity index (χ1v) is 6.48. The maximum atomic E-state index is 4.53. The first-order valence-electron chi connectivity index (χ1n) is 6.48. The number of hydrogen-bond acceptors (Lipinski definition) is 4. The fraction of sp³-hybridized carbons (Fsp3) is 0.692. The van der Waals surface area contributed by atoms with Crippen molar-refractivity contribution in [1.82, 2.24) is 14.9 Å². The van der Waals surface area contributed by atoms with Crippen molar-refractivity contribution in [2.75, 3.05) is 37.6 Å². The molecule has 17 heavy (non-hydrogen) atoms. The van der Waals surface area contributed by atoms with Crippen LogP contribution in [0.3, 0.4) is 0 Å². The molecule has 1 aromatic rings. The van der Waals surface area contributed by atoms with Crippen molar-refractivity contribution in [1.29, 1.82) is 0 Å². The van der Waals surface area contributed by atoms with Crippen LogP contribution in [0.5, 0.6) is 0 Å². The minimum Gasteiger partial charge on any atom is -0.354 e. The van der Waals surface area contributed by atoms with Gasteiger partial charge in [0.2, 0.25) is 0 Å². The number of rotatable bonds is 3. The largest absolute Gasteiger partial charge is 0.354 e. The van der Waals surface area contributed by atoms with Crippen molar-refractivity contribution in [2.24, 2.45) is 0 Å². The molecule has 1 fully saturated rings. The average Bonchev–Trinajstić information content (AvgIpc) is 2.29. The highest BCUT2D eigenvalue weighted by Crippen LogP contribution is 2.14. The molecular formula is C13H22N4. The van der Waals surface area contributed by atoms with E-state index in [4.69, 9.17) is 0 Å². The van der Waals surface area contributed by atoms with E-state index in [9.17, 15) is 0 Å². The minimum atomic E-state index is 0.871. The maximum Gasteiger partial charge on any atom is 0.132 e. The van der Waals surface area contributed by atoms with Crippen LogP contribution in [-0.4, -0.2) is 47.6 Å². The quantitative estimate of drug-likeness (QED) is 0.795. The number of anilines is 1. The molecule has 0 saturated carbocycles. The first kappa shape index (κ1) is 12.3. The summed E-state index contributed by atoms with van der Waals surface area (Å²) in [6.07, 6.45) is 1.24. The number of aryl methyl sites for hydroxylation is 2. The van der Waals surface area contributed by atoms with Crippen LogP contribution < -0.4 is 4.90 Å². The number of hydrogen-bond donors (Lipinski definition) is 0. The van der Waals surface area contributed by atoms with Gasteiger partial charge in [-0.3, -0.25) is 4.90 Å². The van der Waals surface area contributed by atoms with Gasteiger partial charge in [0.15, 0.2) is 0 Å². The molecular weight excluding hydrogens is 212 g/mol. The van der Waals surface area contributed by atoms with Gasteiger partial charge >= 0.3 is 0 Å². The molecule has 2 rings (SSSR count). The van der Waals surface area contributed by atoms with E-state index in [2.05, 4.69) is 32.8 Å². The lowest BCUT2D eigenvalue weighted by molar-refractivity contribution is 0.258. The monoisotopic (exact) mass is 234 g/mol. The lowest BCUT2D eigenvalue weighted by Gasteiger charge is -2.35. The van der Waals surface area contributed by atoms with Crippen LogP contribution >= 0.6 is 0 Å². The van der Waals surface area contributed by atoms with Gasteiger partial charge in [0, 0.05) is 37.9 Å². The molecule has 0 radical (unpaired) electrons. The lowest BCUT2D eigenvalue weighted by Crippen LogP contribution is -2.46. The van der Waals surface area contributed by atoms with Gasteiger partial charge in [0.1, 0.15) is 11.6 Å². The van der Waals surface area contributed by atoms with E-state index in [-0.39, 0.29) is 0 Å². The van der Waals surface area contributed by atoms with Crippen molar-refractivity contribution in [3.8, 4) is 0 Å². The van der Waals surface area contributed by atoms with Gasteiger partial charge in [-0.2, -0.15) is 0 Å². The smallest absolute Gasteiger partial charge is 0.132 e. The third-order valence-corrected chi connectivity index (χ3v) is 3.19. The van der Waals surface area contributed by atoms with Gasteiger partial charge in [-0.1, -0.05) is 6.92 Å². The topological polar surface area (TPSA) is 32.3 Å². The molecule has 0 amide bonds. The summed E-state index contributed by atoms with van der Waals surface area (Å²) in [6.45, 7) is 11.9. The molecule has 2 heterocycles. The maximum absolute atomic E-state index is 4.53. The van der Waals surface area contributed by atoms with E-state index in [0.29, 0.717) is 0 Å². The SMILES string of the molecule is CCCN1CCN(c2cc(C)nc(C)n2)CC1. The Kier molecular flexibility index (Phi) is 3.94. The van der Waals surface area contributed by atoms with E-state index in [1.54, 1.807) is 0 Å². The van der Waals surface area contributed by atoms with Gasteiger partial charge in [-0.05, 0) is 26.8 Å². The third-order valence-electron chi connectivity index (χ3n) is 3.19. The number of piperazine rings is 1. The number of aromatic nitrogens is 2. The summed E-state index contributed by atoms with van der Waals surface area (Å²) in [7, 11) is 0. The number of nitrogens with zero attached hydrogens (tertiary/aromatic N) is 4. The highest BCUT2D eigenvalue weighted by Gasteiger charge is 2.17. The standard InChI is InChI=1S/C13H22N4/c1-4-5-16-6-8-17(9-7-16)13-10-11(2)14-12(3)15-13/h10H,4-9H2,1-3H3. The molecule has 4 heteroatoms. The third kappa shape index (κ3) is 3.16. The molecule has 0 aliphatic carbocycles. The summed E-state index contributed by atoms with van der Waals surface area (Å²) in [4.78, 5) is 13.7. The fourth-order valence-corrected chi connectivity index (χ4v) is 2.38. The van der Waals surface area contributed by atoms with E-state index in [0.717, 1.165) is 43.5 Å². The molecule has 0 N–H and O–H groups in total. The minimum absolute atomic E-state index is 0.871. The summed E-state index contributed by atoms with van der Waals surface area (Å²) in [5.74, 6) is 1.96. The molecule has 1 aliphatic heterocycles.